The standard InChI is InChI=1S/C21H24BrF/c22-15-20-14-21(23)13-12-19(20)11-8-16-6-9-18(10-7-16)17-4-2-1-3-5-17/h6-7,9-10,12-14,17H,1-5,8,11,15H2. The molecule has 0 aromatic heterocycles. The lowest BCUT2D eigenvalue weighted by atomic mass is 9.84. The van der Waals surface area contributed by atoms with Crippen LogP contribution in [0.5, 0.6) is 0 Å². The minimum absolute atomic E-state index is 0.153. The van der Waals surface area contributed by atoms with Gasteiger partial charge < -0.3 is 0 Å². The van der Waals surface area contributed by atoms with E-state index in [1.54, 1.807) is 12.1 Å². The van der Waals surface area contributed by atoms with Gasteiger partial charge in [0, 0.05) is 5.33 Å². The van der Waals surface area contributed by atoms with E-state index in [-0.39, 0.29) is 5.82 Å². The van der Waals surface area contributed by atoms with Crippen LogP contribution in [0.4, 0.5) is 4.39 Å². The van der Waals surface area contributed by atoms with E-state index in [0.717, 1.165) is 24.3 Å². The van der Waals surface area contributed by atoms with Crippen LogP contribution >= 0.6 is 15.9 Å². The van der Waals surface area contributed by atoms with Gasteiger partial charge >= 0.3 is 0 Å². The predicted molar refractivity (Wildman–Crippen MR) is 98.7 cm³/mol. The summed E-state index contributed by atoms with van der Waals surface area (Å²) in [6, 6.07) is 14.3. The van der Waals surface area contributed by atoms with Gasteiger partial charge in [0.15, 0.2) is 0 Å². The highest BCUT2D eigenvalue weighted by Crippen LogP contribution is 2.32. The quantitative estimate of drug-likeness (QED) is 0.520. The number of aryl methyl sites for hydroxylation is 2. The molecule has 0 spiro atoms. The van der Waals surface area contributed by atoms with Crippen molar-refractivity contribution in [1.29, 1.82) is 0 Å². The molecule has 0 heterocycles. The molecule has 0 bridgehead atoms. The Bertz CT molecular complexity index is 627. The summed E-state index contributed by atoms with van der Waals surface area (Å²) in [4.78, 5) is 0. The van der Waals surface area contributed by atoms with Gasteiger partial charge in [0.1, 0.15) is 5.82 Å². The van der Waals surface area contributed by atoms with Crippen molar-refractivity contribution in [1.82, 2.24) is 0 Å². The summed E-state index contributed by atoms with van der Waals surface area (Å²) in [6.45, 7) is 0. The zero-order valence-corrected chi connectivity index (χ0v) is 15.1. The number of rotatable bonds is 5. The van der Waals surface area contributed by atoms with Crippen molar-refractivity contribution in [3.63, 3.8) is 0 Å². The van der Waals surface area contributed by atoms with Crippen LogP contribution in [0.2, 0.25) is 0 Å². The average molecular weight is 375 g/mol. The van der Waals surface area contributed by atoms with Crippen LogP contribution in [0.25, 0.3) is 0 Å². The van der Waals surface area contributed by atoms with E-state index in [9.17, 15) is 4.39 Å². The lowest BCUT2D eigenvalue weighted by Gasteiger charge is -2.22. The van der Waals surface area contributed by atoms with E-state index < -0.39 is 0 Å². The molecule has 23 heavy (non-hydrogen) atoms. The molecule has 1 aliphatic rings. The van der Waals surface area contributed by atoms with Crippen molar-refractivity contribution >= 4 is 15.9 Å². The Morgan fingerprint density at radius 3 is 2.30 bits per heavy atom. The van der Waals surface area contributed by atoms with Gasteiger partial charge in [-0.05, 0) is 66.0 Å². The molecule has 0 radical (unpaired) electrons. The van der Waals surface area contributed by atoms with E-state index in [1.807, 2.05) is 6.07 Å². The van der Waals surface area contributed by atoms with E-state index >= 15 is 0 Å². The maximum absolute atomic E-state index is 13.3. The lowest BCUT2D eigenvalue weighted by Crippen LogP contribution is -2.04. The molecule has 0 atom stereocenters. The maximum atomic E-state index is 13.3. The first kappa shape index (κ1) is 16.7. The van der Waals surface area contributed by atoms with Crippen LogP contribution in [0.3, 0.4) is 0 Å². The van der Waals surface area contributed by atoms with Gasteiger partial charge in [0.2, 0.25) is 0 Å². The highest BCUT2D eigenvalue weighted by molar-refractivity contribution is 9.08. The van der Waals surface area contributed by atoms with E-state index in [1.165, 1.54) is 48.8 Å². The molecule has 1 saturated carbocycles. The van der Waals surface area contributed by atoms with E-state index in [4.69, 9.17) is 0 Å². The fraction of sp³-hybridized carbons (Fsp3) is 0.429. The van der Waals surface area contributed by atoms with Gasteiger partial charge in [-0.3, -0.25) is 0 Å². The molecule has 1 fully saturated rings. The zero-order valence-electron chi connectivity index (χ0n) is 13.5. The van der Waals surface area contributed by atoms with Crippen molar-refractivity contribution < 1.29 is 4.39 Å². The normalized spacial score (nSPS) is 15.7. The third kappa shape index (κ3) is 4.44. The molecular weight excluding hydrogens is 351 g/mol. The fourth-order valence-corrected chi connectivity index (χ4v) is 4.16. The molecule has 0 N–H and O–H groups in total. The van der Waals surface area contributed by atoms with Gasteiger partial charge in [-0.1, -0.05) is 65.5 Å². The molecule has 0 unspecified atom stereocenters. The molecule has 0 aliphatic heterocycles. The largest absolute Gasteiger partial charge is 0.207 e. The molecule has 0 nitrogen and oxygen atoms in total. The summed E-state index contributed by atoms with van der Waals surface area (Å²) in [5.41, 5.74) is 5.18. The third-order valence-corrected chi connectivity index (χ3v) is 5.66. The monoisotopic (exact) mass is 374 g/mol. The van der Waals surface area contributed by atoms with Crippen molar-refractivity contribution in [2.45, 2.75) is 56.2 Å². The first-order chi connectivity index (χ1) is 11.3. The molecule has 2 heteroatoms. The van der Waals surface area contributed by atoms with Crippen LogP contribution in [-0.2, 0) is 18.2 Å². The predicted octanol–water partition coefficient (Wildman–Crippen LogP) is 6.55. The van der Waals surface area contributed by atoms with Gasteiger partial charge in [-0.15, -0.1) is 0 Å². The van der Waals surface area contributed by atoms with Gasteiger partial charge in [-0.25, -0.2) is 4.39 Å². The molecule has 2 aromatic carbocycles. The Labute approximate surface area is 147 Å². The van der Waals surface area contributed by atoms with E-state index in [0.29, 0.717) is 5.33 Å². The maximum Gasteiger partial charge on any atom is 0.123 e. The minimum atomic E-state index is -0.153. The third-order valence-electron chi connectivity index (χ3n) is 5.05. The molecule has 2 aromatic rings. The number of hydrogen-bond acceptors (Lipinski definition) is 0. The van der Waals surface area contributed by atoms with Gasteiger partial charge in [-0.2, -0.15) is 0 Å². The van der Waals surface area contributed by atoms with Crippen LogP contribution < -0.4 is 0 Å². The first-order valence-corrected chi connectivity index (χ1v) is 9.80. The Balaban J connectivity index is 1.62. The second-order valence-electron chi connectivity index (χ2n) is 6.62. The second-order valence-corrected chi connectivity index (χ2v) is 7.18. The molecule has 122 valence electrons. The Morgan fingerprint density at radius 1 is 0.870 bits per heavy atom. The molecule has 1 aliphatic carbocycles. The number of hydrogen-bond donors (Lipinski definition) is 0. The second kappa shape index (κ2) is 8.10. The van der Waals surface area contributed by atoms with Gasteiger partial charge in [0.05, 0.1) is 0 Å². The highest BCUT2D eigenvalue weighted by atomic mass is 79.9. The number of alkyl halides is 1. The Hall–Kier alpha value is -1.15. The SMILES string of the molecule is Fc1ccc(CCc2ccc(C3CCCCC3)cc2)c(CBr)c1. The van der Waals surface area contributed by atoms with Crippen LogP contribution in [0, 0.1) is 5.82 Å². The zero-order chi connectivity index (χ0) is 16.1. The summed E-state index contributed by atoms with van der Waals surface area (Å²) in [6.07, 6.45) is 8.84. The number of halogens is 2. The summed E-state index contributed by atoms with van der Waals surface area (Å²) in [5, 5.41) is 0.709. The molecular formula is C21H24BrF. The number of benzene rings is 2. The lowest BCUT2D eigenvalue weighted by molar-refractivity contribution is 0.443. The van der Waals surface area contributed by atoms with Crippen molar-refractivity contribution in [3.8, 4) is 0 Å². The minimum Gasteiger partial charge on any atom is -0.207 e. The smallest absolute Gasteiger partial charge is 0.123 e. The van der Waals surface area contributed by atoms with Crippen molar-refractivity contribution in [3.05, 3.63) is 70.5 Å². The van der Waals surface area contributed by atoms with E-state index in [2.05, 4.69) is 40.2 Å². The Morgan fingerprint density at radius 2 is 1.61 bits per heavy atom. The molecule has 0 saturated heterocycles. The first-order valence-electron chi connectivity index (χ1n) is 8.68. The average Bonchev–Trinajstić information content (AvgIpc) is 2.62. The van der Waals surface area contributed by atoms with Crippen molar-refractivity contribution in [2.24, 2.45) is 0 Å². The van der Waals surface area contributed by atoms with Crippen molar-refractivity contribution in [2.75, 3.05) is 0 Å². The fourth-order valence-electron chi connectivity index (χ4n) is 3.63. The summed E-state index contributed by atoms with van der Waals surface area (Å²) in [5.74, 6) is 0.620. The molecule has 3 rings (SSSR count). The topological polar surface area (TPSA) is 0 Å². The van der Waals surface area contributed by atoms with Crippen LogP contribution in [-0.4, -0.2) is 0 Å². The molecule has 0 amide bonds. The Kier molecular flexibility index (Phi) is 5.88. The van der Waals surface area contributed by atoms with Crippen LogP contribution in [0.1, 0.15) is 60.3 Å². The van der Waals surface area contributed by atoms with Gasteiger partial charge in [0.25, 0.3) is 0 Å². The summed E-state index contributed by atoms with van der Waals surface area (Å²) < 4.78 is 13.3. The summed E-state index contributed by atoms with van der Waals surface area (Å²) in [7, 11) is 0. The van der Waals surface area contributed by atoms with Crippen LogP contribution in [0.15, 0.2) is 42.5 Å². The summed E-state index contributed by atoms with van der Waals surface area (Å²) >= 11 is 3.46. The highest BCUT2D eigenvalue weighted by Gasteiger charge is 2.15.